The average molecular weight is 278 g/mol. The molecule has 0 aromatic carbocycles. The van der Waals surface area contributed by atoms with Crippen LogP contribution in [-0.4, -0.2) is 48.8 Å². The lowest BCUT2D eigenvalue weighted by Crippen LogP contribution is -2.34. The Kier molecular flexibility index (Phi) is 4.16. The van der Waals surface area contributed by atoms with E-state index in [1.807, 2.05) is 13.8 Å². The third kappa shape index (κ3) is 2.71. The number of nitrogens with zero attached hydrogens (tertiary/aromatic N) is 2. The van der Waals surface area contributed by atoms with Crippen LogP contribution in [0.3, 0.4) is 0 Å². The second-order valence-electron chi connectivity index (χ2n) is 5.82. The molecule has 0 aliphatic carbocycles. The van der Waals surface area contributed by atoms with Crippen molar-refractivity contribution >= 4 is 11.8 Å². The van der Waals surface area contributed by atoms with Crippen molar-refractivity contribution < 1.29 is 14.0 Å². The van der Waals surface area contributed by atoms with E-state index in [-0.39, 0.29) is 23.7 Å². The van der Waals surface area contributed by atoms with E-state index in [9.17, 15) is 9.59 Å². The average Bonchev–Trinajstić information content (AvgIpc) is 3.05. The minimum Gasteiger partial charge on any atom is -0.468 e. The first-order chi connectivity index (χ1) is 9.41. The van der Waals surface area contributed by atoms with Gasteiger partial charge in [-0.15, -0.1) is 0 Å². The molecule has 0 bridgehead atoms. The van der Waals surface area contributed by atoms with Crippen LogP contribution in [0.1, 0.15) is 42.3 Å². The van der Waals surface area contributed by atoms with Crippen molar-refractivity contribution in [3.8, 4) is 0 Å². The highest BCUT2D eigenvalue weighted by Crippen LogP contribution is 2.25. The second-order valence-corrected chi connectivity index (χ2v) is 5.82. The molecule has 1 aromatic rings. The van der Waals surface area contributed by atoms with Crippen molar-refractivity contribution in [3.63, 3.8) is 0 Å². The maximum atomic E-state index is 12.5. The van der Waals surface area contributed by atoms with E-state index >= 15 is 0 Å². The lowest BCUT2D eigenvalue weighted by Gasteiger charge is -2.18. The second kappa shape index (κ2) is 5.69. The number of likely N-dealkylation sites (tertiary alicyclic amines) is 1. The Morgan fingerprint density at radius 3 is 2.70 bits per heavy atom. The van der Waals surface area contributed by atoms with Crippen LogP contribution in [0.25, 0.3) is 0 Å². The van der Waals surface area contributed by atoms with Crippen molar-refractivity contribution in [3.05, 3.63) is 23.7 Å². The van der Waals surface area contributed by atoms with Gasteiger partial charge in [0.1, 0.15) is 5.76 Å². The van der Waals surface area contributed by atoms with Crippen LogP contribution >= 0.6 is 0 Å². The zero-order valence-corrected chi connectivity index (χ0v) is 12.5. The molecule has 5 heteroatoms. The van der Waals surface area contributed by atoms with Gasteiger partial charge in [-0.2, -0.15) is 0 Å². The van der Waals surface area contributed by atoms with E-state index in [1.54, 1.807) is 36.2 Å². The number of hydrogen-bond donors (Lipinski definition) is 0. The monoisotopic (exact) mass is 278 g/mol. The van der Waals surface area contributed by atoms with E-state index in [1.165, 1.54) is 0 Å². The lowest BCUT2D eigenvalue weighted by atomic mass is 10.1. The third-order valence-corrected chi connectivity index (χ3v) is 3.72. The third-order valence-electron chi connectivity index (χ3n) is 3.72. The summed E-state index contributed by atoms with van der Waals surface area (Å²) in [5, 5.41) is 0. The van der Waals surface area contributed by atoms with Crippen molar-refractivity contribution in [2.45, 2.75) is 26.2 Å². The predicted octanol–water partition coefficient (Wildman–Crippen LogP) is 1.95. The van der Waals surface area contributed by atoms with Gasteiger partial charge in [-0.1, -0.05) is 13.8 Å². The maximum absolute atomic E-state index is 12.5. The number of rotatable bonds is 3. The molecule has 0 spiro atoms. The van der Waals surface area contributed by atoms with E-state index in [2.05, 4.69) is 0 Å². The normalized spacial score (nSPS) is 18.6. The largest absolute Gasteiger partial charge is 0.468 e. The number of amides is 2. The Balaban J connectivity index is 2.08. The molecular formula is C15H22N2O3. The van der Waals surface area contributed by atoms with Gasteiger partial charge in [-0.3, -0.25) is 9.59 Å². The molecule has 2 heterocycles. The highest BCUT2D eigenvalue weighted by atomic mass is 16.3. The summed E-state index contributed by atoms with van der Waals surface area (Å²) >= 11 is 0. The molecule has 1 atom stereocenters. The molecule has 0 radical (unpaired) electrons. The quantitative estimate of drug-likeness (QED) is 0.849. The van der Waals surface area contributed by atoms with Crippen LogP contribution in [0.2, 0.25) is 0 Å². The first kappa shape index (κ1) is 14.6. The molecule has 2 rings (SSSR count). The van der Waals surface area contributed by atoms with Crippen molar-refractivity contribution in [2.24, 2.45) is 5.92 Å². The van der Waals surface area contributed by atoms with E-state index in [4.69, 9.17) is 4.42 Å². The standard InChI is InChI=1S/C15H22N2O3/c1-10(2)13-12(6-8-20-13)15(19)17-7-5-11(9-17)14(18)16(3)4/h6,8,10-11H,5,7,9H2,1-4H3. The minimum absolute atomic E-state index is 0.0310. The van der Waals surface area contributed by atoms with Crippen LogP contribution in [0.15, 0.2) is 16.7 Å². The molecule has 1 fully saturated rings. The summed E-state index contributed by atoms with van der Waals surface area (Å²) in [7, 11) is 3.50. The molecule has 1 aromatic heterocycles. The molecule has 0 saturated carbocycles. The van der Waals surface area contributed by atoms with Gasteiger partial charge in [0.05, 0.1) is 17.7 Å². The van der Waals surface area contributed by atoms with Crippen molar-refractivity contribution in [1.29, 1.82) is 0 Å². The summed E-state index contributed by atoms with van der Waals surface area (Å²) in [5.74, 6) is 0.875. The zero-order valence-electron chi connectivity index (χ0n) is 12.5. The number of furan rings is 1. The number of carbonyl (C=O) groups is 2. The fourth-order valence-electron chi connectivity index (χ4n) is 2.63. The van der Waals surface area contributed by atoms with Crippen molar-refractivity contribution in [1.82, 2.24) is 9.80 Å². The maximum Gasteiger partial charge on any atom is 0.257 e. The van der Waals surface area contributed by atoms with E-state index in [0.717, 1.165) is 12.2 Å². The smallest absolute Gasteiger partial charge is 0.257 e. The molecular weight excluding hydrogens is 256 g/mol. The van der Waals surface area contributed by atoms with Gasteiger partial charge >= 0.3 is 0 Å². The highest BCUT2D eigenvalue weighted by Gasteiger charge is 2.33. The molecule has 1 saturated heterocycles. The molecule has 1 unspecified atom stereocenters. The van der Waals surface area contributed by atoms with Crippen LogP contribution in [0.5, 0.6) is 0 Å². The Hall–Kier alpha value is -1.78. The molecule has 1 aliphatic heterocycles. The Labute approximate surface area is 119 Å². The van der Waals surface area contributed by atoms with Crippen LogP contribution < -0.4 is 0 Å². The molecule has 0 N–H and O–H groups in total. The van der Waals surface area contributed by atoms with E-state index in [0.29, 0.717) is 18.7 Å². The molecule has 5 nitrogen and oxygen atoms in total. The van der Waals surface area contributed by atoms with Crippen LogP contribution in [0, 0.1) is 5.92 Å². The first-order valence-corrected chi connectivity index (χ1v) is 6.99. The van der Waals surface area contributed by atoms with Gasteiger partial charge in [0, 0.05) is 33.1 Å². The van der Waals surface area contributed by atoms with Gasteiger partial charge in [0.25, 0.3) is 5.91 Å². The summed E-state index contributed by atoms with van der Waals surface area (Å²) in [5.41, 5.74) is 0.623. The highest BCUT2D eigenvalue weighted by molar-refractivity contribution is 5.96. The SMILES string of the molecule is CC(C)c1occc1C(=O)N1CCC(C(=O)N(C)C)C1. The summed E-state index contributed by atoms with van der Waals surface area (Å²) in [4.78, 5) is 27.8. The van der Waals surface area contributed by atoms with Gasteiger partial charge in [0.15, 0.2) is 0 Å². The van der Waals surface area contributed by atoms with Crippen molar-refractivity contribution in [2.75, 3.05) is 27.2 Å². The predicted molar refractivity (Wildman–Crippen MR) is 75.5 cm³/mol. The molecule has 20 heavy (non-hydrogen) atoms. The first-order valence-electron chi connectivity index (χ1n) is 6.99. The zero-order chi connectivity index (χ0) is 14.9. The number of carbonyl (C=O) groups excluding carboxylic acids is 2. The minimum atomic E-state index is -0.0802. The Bertz CT molecular complexity index is 505. The van der Waals surface area contributed by atoms with Gasteiger partial charge in [-0.25, -0.2) is 0 Å². The fourth-order valence-corrected chi connectivity index (χ4v) is 2.63. The van der Waals surface area contributed by atoms with Gasteiger partial charge < -0.3 is 14.2 Å². The molecule has 110 valence electrons. The van der Waals surface area contributed by atoms with Gasteiger partial charge in [-0.05, 0) is 12.5 Å². The molecule has 1 aliphatic rings. The summed E-state index contributed by atoms with van der Waals surface area (Å²) in [6.07, 6.45) is 2.29. The van der Waals surface area contributed by atoms with E-state index < -0.39 is 0 Å². The Morgan fingerprint density at radius 1 is 1.40 bits per heavy atom. The fraction of sp³-hybridized carbons (Fsp3) is 0.600. The molecule has 2 amide bonds. The van der Waals surface area contributed by atoms with Gasteiger partial charge in [0.2, 0.25) is 5.91 Å². The lowest BCUT2D eigenvalue weighted by molar-refractivity contribution is -0.132. The summed E-state index contributed by atoms with van der Waals surface area (Å²) in [6, 6.07) is 1.72. The number of hydrogen-bond acceptors (Lipinski definition) is 3. The van der Waals surface area contributed by atoms with Crippen LogP contribution in [0.4, 0.5) is 0 Å². The summed E-state index contributed by atoms with van der Waals surface area (Å²) < 4.78 is 5.40. The van der Waals surface area contributed by atoms with Crippen LogP contribution in [-0.2, 0) is 4.79 Å². The topological polar surface area (TPSA) is 53.8 Å². The summed E-state index contributed by atoms with van der Waals surface area (Å²) in [6.45, 7) is 5.13. The Morgan fingerprint density at radius 2 is 2.10 bits per heavy atom.